The Hall–Kier alpha value is -2.67. The number of hydrogen-bond donors (Lipinski definition) is 2. The van der Waals surface area contributed by atoms with Crippen molar-refractivity contribution in [1.29, 1.82) is 0 Å². The third-order valence-electron chi connectivity index (χ3n) is 5.50. The van der Waals surface area contributed by atoms with Crippen LogP contribution in [0, 0.1) is 6.92 Å². The van der Waals surface area contributed by atoms with Crippen LogP contribution in [0.4, 0.5) is 0 Å². The predicted octanol–water partition coefficient (Wildman–Crippen LogP) is 2.86. The molecule has 1 atom stereocenters. The lowest BCUT2D eigenvalue weighted by atomic mass is 10.1. The van der Waals surface area contributed by atoms with E-state index in [-0.39, 0.29) is 6.04 Å². The monoisotopic (exact) mass is 398 g/mol. The molecule has 2 aliphatic heterocycles. The second kappa shape index (κ2) is 9.22. The van der Waals surface area contributed by atoms with Crippen molar-refractivity contribution in [2.24, 2.45) is 4.99 Å². The third kappa shape index (κ3) is 4.85. The first-order valence-electron chi connectivity index (χ1n) is 10.4. The Bertz CT molecular complexity index is 842. The van der Waals surface area contributed by atoms with Gasteiger partial charge in [-0.25, -0.2) is 0 Å². The largest absolute Gasteiger partial charge is 0.465 e. The van der Waals surface area contributed by atoms with Gasteiger partial charge in [0.25, 0.3) is 0 Å². The first kappa shape index (κ1) is 19.6. The molecule has 0 saturated carbocycles. The minimum Gasteiger partial charge on any atom is -0.465 e. The summed E-state index contributed by atoms with van der Waals surface area (Å²) in [7, 11) is 1.80. The summed E-state index contributed by atoms with van der Waals surface area (Å²) >= 11 is 0. The van der Waals surface area contributed by atoms with Crippen molar-refractivity contribution < 1.29 is 13.9 Å². The average molecular weight is 399 g/mol. The molecule has 0 radical (unpaired) electrons. The Morgan fingerprint density at radius 1 is 1.10 bits per heavy atom. The number of furan rings is 1. The highest BCUT2D eigenvalue weighted by molar-refractivity contribution is 5.79. The highest BCUT2D eigenvalue weighted by atomic mass is 16.7. The van der Waals surface area contributed by atoms with Gasteiger partial charge in [-0.15, -0.1) is 0 Å². The number of aryl methyl sites for hydroxylation is 1. The minimum atomic E-state index is 0.221. The van der Waals surface area contributed by atoms with Crippen molar-refractivity contribution in [3.05, 3.63) is 47.4 Å². The molecule has 1 aromatic heterocycles. The quantitative estimate of drug-likeness (QED) is 0.552. The van der Waals surface area contributed by atoms with E-state index < -0.39 is 0 Å². The third-order valence-corrected chi connectivity index (χ3v) is 5.50. The molecule has 3 heterocycles. The van der Waals surface area contributed by atoms with Gasteiger partial charge in [-0.05, 0) is 69.1 Å². The standard InChI is InChI=1S/C22H30N4O3/c1-16-5-7-19(29-16)18(26-11-3-4-12-26)14-25-22(23-2)24-10-9-17-6-8-20-21(13-17)28-15-27-20/h5-8,13,18H,3-4,9-12,14-15H2,1-2H3,(H2,23,24,25). The maximum Gasteiger partial charge on any atom is 0.231 e. The molecule has 2 aliphatic rings. The number of fused-ring (bicyclic) bond motifs is 1. The van der Waals surface area contributed by atoms with Crippen molar-refractivity contribution in [3.63, 3.8) is 0 Å². The van der Waals surface area contributed by atoms with Crippen LogP contribution in [0.5, 0.6) is 11.5 Å². The van der Waals surface area contributed by atoms with Crippen LogP contribution in [0.2, 0.25) is 0 Å². The van der Waals surface area contributed by atoms with Gasteiger partial charge in [-0.3, -0.25) is 9.89 Å². The van der Waals surface area contributed by atoms with Gasteiger partial charge in [0.05, 0.1) is 6.04 Å². The lowest BCUT2D eigenvalue weighted by Crippen LogP contribution is -2.43. The van der Waals surface area contributed by atoms with Crippen molar-refractivity contribution in [2.45, 2.75) is 32.2 Å². The number of nitrogens with one attached hydrogen (secondary N) is 2. The zero-order valence-electron chi connectivity index (χ0n) is 17.2. The molecular weight excluding hydrogens is 368 g/mol. The van der Waals surface area contributed by atoms with E-state index in [0.29, 0.717) is 6.79 Å². The molecule has 156 valence electrons. The van der Waals surface area contributed by atoms with Gasteiger partial charge in [-0.2, -0.15) is 0 Å². The van der Waals surface area contributed by atoms with Gasteiger partial charge in [0, 0.05) is 20.1 Å². The molecule has 7 heteroatoms. The molecule has 1 saturated heterocycles. The number of likely N-dealkylation sites (tertiary alicyclic amines) is 1. The Kier molecular flexibility index (Phi) is 6.24. The SMILES string of the molecule is CN=C(NCCc1ccc2c(c1)OCO2)NCC(c1ccc(C)o1)N1CCCC1. The summed E-state index contributed by atoms with van der Waals surface area (Å²) in [5.74, 6) is 4.42. The zero-order chi connectivity index (χ0) is 20.1. The van der Waals surface area contributed by atoms with Crippen LogP contribution in [0.15, 0.2) is 39.7 Å². The first-order valence-corrected chi connectivity index (χ1v) is 10.4. The van der Waals surface area contributed by atoms with E-state index in [0.717, 1.165) is 61.6 Å². The fourth-order valence-corrected chi connectivity index (χ4v) is 3.93. The minimum absolute atomic E-state index is 0.221. The summed E-state index contributed by atoms with van der Waals surface area (Å²) < 4.78 is 16.8. The van der Waals surface area contributed by atoms with Crippen LogP contribution in [-0.4, -0.2) is 50.9 Å². The van der Waals surface area contributed by atoms with Gasteiger partial charge < -0.3 is 24.5 Å². The highest BCUT2D eigenvalue weighted by Crippen LogP contribution is 2.32. The maximum atomic E-state index is 5.94. The average Bonchev–Trinajstić information content (AvgIpc) is 3.49. The van der Waals surface area contributed by atoms with Crippen LogP contribution in [0.3, 0.4) is 0 Å². The molecule has 0 spiro atoms. The molecule has 4 rings (SSSR count). The summed E-state index contributed by atoms with van der Waals surface area (Å²) in [5.41, 5.74) is 1.21. The molecule has 0 amide bonds. The van der Waals surface area contributed by atoms with Crippen molar-refractivity contribution in [1.82, 2.24) is 15.5 Å². The second-order valence-electron chi connectivity index (χ2n) is 7.52. The molecule has 1 fully saturated rings. The second-order valence-corrected chi connectivity index (χ2v) is 7.52. The summed E-state index contributed by atoms with van der Waals surface area (Å²) in [4.78, 5) is 6.87. The molecule has 7 nitrogen and oxygen atoms in total. The van der Waals surface area contributed by atoms with Crippen LogP contribution >= 0.6 is 0 Å². The molecule has 1 aromatic carbocycles. The van der Waals surface area contributed by atoms with Gasteiger partial charge in [0.1, 0.15) is 11.5 Å². The van der Waals surface area contributed by atoms with E-state index in [1.165, 1.54) is 18.4 Å². The van der Waals surface area contributed by atoms with E-state index in [1.807, 2.05) is 25.1 Å². The van der Waals surface area contributed by atoms with Crippen LogP contribution in [-0.2, 0) is 6.42 Å². The number of benzene rings is 1. The summed E-state index contributed by atoms with van der Waals surface area (Å²) in [6.07, 6.45) is 3.38. The lowest BCUT2D eigenvalue weighted by Gasteiger charge is -2.26. The smallest absolute Gasteiger partial charge is 0.231 e. The van der Waals surface area contributed by atoms with Crippen LogP contribution in [0.1, 0.15) is 36.0 Å². The summed E-state index contributed by atoms with van der Waals surface area (Å²) in [6, 6.07) is 10.4. The molecule has 0 aliphatic carbocycles. The van der Waals surface area contributed by atoms with Crippen molar-refractivity contribution >= 4 is 5.96 Å². The number of rotatable bonds is 7. The van der Waals surface area contributed by atoms with Gasteiger partial charge >= 0.3 is 0 Å². The number of hydrogen-bond acceptors (Lipinski definition) is 5. The molecular formula is C22H30N4O3. The predicted molar refractivity (Wildman–Crippen MR) is 113 cm³/mol. The first-order chi connectivity index (χ1) is 14.2. The van der Waals surface area contributed by atoms with E-state index in [4.69, 9.17) is 13.9 Å². The lowest BCUT2D eigenvalue weighted by molar-refractivity contribution is 0.174. The van der Waals surface area contributed by atoms with Crippen molar-refractivity contribution in [3.8, 4) is 11.5 Å². The van der Waals surface area contributed by atoms with Crippen LogP contribution < -0.4 is 20.1 Å². The Balaban J connectivity index is 1.29. The number of aliphatic imine (C=N–C) groups is 1. The number of guanidine groups is 1. The normalized spacial score (nSPS) is 17.5. The van der Waals surface area contributed by atoms with E-state index >= 15 is 0 Å². The Morgan fingerprint density at radius 3 is 2.69 bits per heavy atom. The highest BCUT2D eigenvalue weighted by Gasteiger charge is 2.26. The molecule has 0 bridgehead atoms. The van der Waals surface area contributed by atoms with Crippen LogP contribution in [0.25, 0.3) is 0 Å². The summed E-state index contributed by atoms with van der Waals surface area (Å²) in [6.45, 7) is 6.07. The maximum absolute atomic E-state index is 5.94. The zero-order valence-corrected chi connectivity index (χ0v) is 17.2. The fourth-order valence-electron chi connectivity index (χ4n) is 3.93. The van der Waals surface area contributed by atoms with Crippen molar-refractivity contribution in [2.75, 3.05) is 40.0 Å². The molecule has 1 unspecified atom stereocenters. The van der Waals surface area contributed by atoms with E-state index in [9.17, 15) is 0 Å². The Morgan fingerprint density at radius 2 is 1.93 bits per heavy atom. The topological polar surface area (TPSA) is 71.3 Å². The molecule has 29 heavy (non-hydrogen) atoms. The van der Waals surface area contributed by atoms with Gasteiger partial charge in [-0.1, -0.05) is 6.07 Å². The van der Waals surface area contributed by atoms with Gasteiger partial charge in [0.2, 0.25) is 6.79 Å². The van der Waals surface area contributed by atoms with Gasteiger partial charge in [0.15, 0.2) is 17.5 Å². The Labute approximate surface area is 172 Å². The summed E-state index contributed by atoms with van der Waals surface area (Å²) in [5, 5.41) is 6.88. The van der Waals surface area contributed by atoms with E-state index in [2.05, 4.69) is 32.7 Å². The fraction of sp³-hybridized carbons (Fsp3) is 0.500. The molecule has 2 N–H and O–H groups in total. The number of nitrogens with zero attached hydrogens (tertiary/aromatic N) is 2. The molecule has 2 aromatic rings. The number of ether oxygens (including phenoxy) is 2. The van der Waals surface area contributed by atoms with E-state index in [1.54, 1.807) is 7.05 Å².